The van der Waals surface area contributed by atoms with Crippen molar-refractivity contribution in [2.75, 3.05) is 59.4 Å². The summed E-state index contributed by atoms with van der Waals surface area (Å²) in [6.07, 6.45) is 47.4. The van der Waals surface area contributed by atoms with Crippen LogP contribution in [-0.4, -0.2) is 86.9 Å². The molecule has 0 aromatic carbocycles. The molecular weight excluding hydrogens is 755 g/mol. The number of unbranched alkanes of at least 4 members (excludes halogenated alkanes) is 32. The third-order valence-corrected chi connectivity index (χ3v) is 12.6. The number of likely N-dealkylation sites (N-methyl/N-ethyl adjacent to an activating group) is 1. The third kappa shape index (κ3) is 47.6. The summed E-state index contributed by atoms with van der Waals surface area (Å²) in [4.78, 5) is 42.6. The first-order valence-electron chi connectivity index (χ1n) is 27.1. The molecule has 0 atom stereocenters. The molecule has 362 valence electrons. The van der Waals surface area contributed by atoms with Crippen molar-refractivity contribution in [1.29, 1.82) is 0 Å². The molecule has 0 saturated carbocycles. The summed E-state index contributed by atoms with van der Waals surface area (Å²) >= 11 is 0. The van der Waals surface area contributed by atoms with Crippen LogP contribution >= 0.6 is 0 Å². The summed E-state index contributed by atoms with van der Waals surface area (Å²) in [5.41, 5.74) is 0. The van der Waals surface area contributed by atoms with Crippen LogP contribution in [0.2, 0.25) is 0 Å². The van der Waals surface area contributed by atoms with Crippen LogP contribution < -0.4 is 16.0 Å². The molecule has 0 bridgehead atoms. The van der Waals surface area contributed by atoms with E-state index >= 15 is 0 Å². The Morgan fingerprint density at radius 3 is 0.787 bits per heavy atom. The lowest BCUT2D eigenvalue weighted by Crippen LogP contribution is -2.39. The van der Waals surface area contributed by atoms with Crippen molar-refractivity contribution in [3.05, 3.63) is 0 Å². The molecule has 0 aromatic heterocycles. The molecule has 3 N–H and O–H groups in total. The topological polar surface area (TPSA) is 93.8 Å². The predicted octanol–water partition coefficient (Wildman–Crippen LogP) is 13.5. The van der Waals surface area contributed by atoms with Crippen molar-refractivity contribution in [1.82, 2.24) is 25.8 Å². The van der Waals surface area contributed by atoms with E-state index in [1.54, 1.807) is 0 Å². The van der Waals surface area contributed by atoms with Crippen LogP contribution in [0, 0.1) is 0 Å². The summed E-state index contributed by atoms with van der Waals surface area (Å²) in [5.74, 6) is 0.338. The lowest BCUT2D eigenvalue weighted by atomic mass is 10.1. The molecule has 8 nitrogen and oxygen atoms in total. The molecule has 0 heterocycles. The fourth-order valence-corrected chi connectivity index (χ4v) is 8.24. The maximum atomic E-state index is 12.8. The number of hydrogen-bond acceptors (Lipinski definition) is 5. The molecule has 0 spiro atoms. The van der Waals surface area contributed by atoms with Crippen molar-refractivity contribution in [3.63, 3.8) is 0 Å². The first-order valence-corrected chi connectivity index (χ1v) is 27.1. The molecular formula is C53H107N5O3. The number of nitrogens with zero attached hydrogens (tertiary/aromatic N) is 2. The monoisotopic (exact) mass is 862 g/mol. The van der Waals surface area contributed by atoms with Crippen LogP contribution in [0.15, 0.2) is 0 Å². The van der Waals surface area contributed by atoms with Gasteiger partial charge in [0, 0.05) is 71.6 Å². The van der Waals surface area contributed by atoms with Gasteiger partial charge in [-0.15, -0.1) is 0 Å². The van der Waals surface area contributed by atoms with Crippen LogP contribution in [0.25, 0.3) is 0 Å². The maximum Gasteiger partial charge on any atom is 0.221 e. The van der Waals surface area contributed by atoms with Gasteiger partial charge < -0.3 is 25.8 Å². The Kier molecular flexibility index (Phi) is 48.0. The van der Waals surface area contributed by atoms with Gasteiger partial charge in [-0.3, -0.25) is 14.4 Å². The Morgan fingerprint density at radius 1 is 0.295 bits per heavy atom. The second kappa shape index (κ2) is 49.3. The van der Waals surface area contributed by atoms with Crippen molar-refractivity contribution in [2.24, 2.45) is 0 Å². The van der Waals surface area contributed by atoms with Crippen molar-refractivity contribution in [3.8, 4) is 0 Å². The molecule has 3 amide bonds. The van der Waals surface area contributed by atoms with Gasteiger partial charge in [0.25, 0.3) is 0 Å². The Hall–Kier alpha value is -1.67. The Balaban J connectivity index is 4.38. The fraction of sp³-hybridized carbons (Fsp3) is 0.943. The fourth-order valence-electron chi connectivity index (χ4n) is 8.24. The van der Waals surface area contributed by atoms with E-state index in [1.807, 2.05) is 0 Å². The molecule has 0 aliphatic rings. The lowest BCUT2D eigenvalue weighted by Gasteiger charge is -2.25. The summed E-state index contributed by atoms with van der Waals surface area (Å²) < 4.78 is 0. The summed E-state index contributed by atoms with van der Waals surface area (Å²) in [5, 5.41) is 9.42. The van der Waals surface area contributed by atoms with Crippen LogP contribution in [0.5, 0.6) is 0 Å². The third-order valence-electron chi connectivity index (χ3n) is 12.6. The smallest absolute Gasteiger partial charge is 0.221 e. The Labute approximate surface area is 380 Å². The number of rotatable bonds is 50. The zero-order valence-corrected chi connectivity index (χ0v) is 41.6. The van der Waals surface area contributed by atoms with E-state index in [-0.39, 0.29) is 17.7 Å². The van der Waals surface area contributed by atoms with Crippen LogP contribution in [-0.2, 0) is 14.4 Å². The number of carbonyl (C=O) groups is 3. The van der Waals surface area contributed by atoms with Crippen LogP contribution in [0.1, 0.15) is 265 Å². The predicted molar refractivity (Wildman–Crippen MR) is 265 cm³/mol. The van der Waals surface area contributed by atoms with Gasteiger partial charge in [-0.25, -0.2) is 0 Å². The number of hydrogen-bond donors (Lipinski definition) is 3. The number of nitrogens with one attached hydrogen (secondary N) is 3. The number of carbonyl (C=O) groups excluding carboxylic acids is 3. The second-order valence-electron chi connectivity index (χ2n) is 18.8. The molecule has 0 aromatic rings. The highest BCUT2D eigenvalue weighted by atomic mass is 16.2. The Morgan fingerprint density at radius 2 is 0.525 bits per heavy atom. The highest BCUT2D eigenvalue weighted by molar-refractivity contribution is 5.77. The molecule has 0 aliphatic heterocycles. The molecule has 0 aliphatic carbocycles. The first kappa shape index (κ1) is 59.3. The highest BCUT2D eigenvalue weighted by Crippen LogP contribution is 2.14. The van der Waals surface area contributed by atoms with E-state index in [0.29, 0.717) is 38.9 Å². The molecule has 0 radical (unpaired) electrons. The molecule has 0 unspecified atom stereocenters. The van der Waals surface area contributed by atoms with E-state index in [4.69, 9.17) is 0 Å². The molecule has 0 fully saturated rings. The normalized spacial score (nSPS) is 11.5. The summed E-state index contributed by atoms with van der Waals surface area (Å²) in [7, 11) is 2.07. The van der Waals surface area contributed by atoms with Gasteiger partial charge in [-0.1, -0.05) is 226 Å². The molecule has 0 saturated heterocycles. The highest BCUT2D eigenvalue weighted by Gasteiger charge is 2.13. The first-order chi connectivity index (χ1) is 29.9. The summed E-state index contributed by atoms with van der Waals surface area (Å²) in [6, 6.07) is 0. The second-order valence-corrected chi connectivity index (χ2v) is 18.8. The SMILES string of the molecule is CCCCCCCCCCCCCCNC(=O)CCN(C)CCN(CCC(=O)NCCCCCCCCCCCCC)CCC(=O)NCCCCCCCCCCCCCC. The number of amides is 3. The van der Waals surface area contributed by atoms with E-state index in [9.17, 15) is 14.4 Å². The average molecular weight is 862 g/mol. The maximum absolute atomic E-state index is 12.8. The van der Waals surface area contributed by atoms with Gasteiger partial charge in [0.05, 0.1) is 0 Å². The molecule has 8 heteroatoms. The Bertz CT molecular complexity index is 934. The van der Waals surface area contributed by atoms with E-state index < -0.39 is 0 Å². The zero-order chi connectivity index (χ0) is 44.5. The van der Waals surface area contributed by atoms with Gasteiger partial charge in [-0.05, 0) is 26.3 Å². The van der Waals surface area contributed by atoms with Gasteiger partial charge in [0.2, 0.25) is 17.7 Å². The zero-order valence-electron chi connectivity index (χ0n) is 41.6. The van der Waals surface area contributed by atoms with E-state index in [0.717, 1.165) is 52.0 Å². The van der Waals surface area contributed by atoms with Crippen molar-refractivity contribution >= 4 is 17.7 Å². The largest absolute Gasteiger partial charge is 0.356 e. The van der Waals surface area contributed by atoms with Crippen LogP contribution in [0.4, 0.5) is 0 Å². The van der Waals surface area contributed by atoms with Gasteiger partial charge in [0.1, 0.15) is 0 Å². The van der Waals surface area contributed by atoms with Crippen molar-refractivity contribution < 1.29 is 14.4 Å². The average Bonchev–Trinajstić information content (AvgIpc) is 3.26. The van der Waals surface area contributed by atoms with Crippen LogP contribution in [0.3, 0.4) is 0 Å². The van der Waals surface area contributed by atoms with E-state index in [2.05, 4.69) is 53.6 Å². The lowest BCUT2D eigenvalue weighted by molar-refractivity contribution is -0.122. The quantitative estimate of drug-likeness (QED) is 0.0530. The van der Waals surface area contributed by atoms with Crippen molar-refractivity contribution in [2.45, 2.75) is 265 Å². The minimum Gasteiger partial charge on any atom is -0.356 e. The van der Waals surface area contributed by atoms with Gasteiger partial charge >= 0.3 is 0 Å². The minimum atomic E-state index is 0.103. The standard InChI is InChI=1S/C53H107N5O3/c1-5-8-11-14-17-20-23-26-29-32-34-37-43-54-51(59)40-46-57(4)49-50-58(47-41-52(60)55-44-38-35-31-28-25-22-19-16-13-10-7-3)48-42-53(61)56-45-39-36-33-30-27-24-21-18-15-12-9-6-2/h5-50H2,1-4H3,(H,54,59)(H,55,60)(H,56,61). The molecule has 61 heavy (non-hydrogen) atoms. The minimum absolute atomic E-state index is 0.103. The molecule has 0 rings (SSSR count). The van der Waals surface area contributed by atoms with E-state index in [1.165, 1.54) is 205 Å². The summed E-state index contributed by atoms with van der Waals surface area (Å²) in [6.45, 7) is 12.7. The van der Waals surface area contributed by atoms with Gasteiger partial charge in [0.15, 0.2) is 0 Å². The van der Waals surface area contributed by atoms with Gasteiger partial charge in [-0.2, -0.15) is 0 Å².